The normalized spacial score (nSPS) is 10.6. The molecule has 0 saturated heterocycles. The molecule has 0 fully saturated rings. The number of nitrogens with one attached hydrogen (secondary N) is 1. The average Bonchev–Trinajstić information content (AvgIpc) is 3.00. The topological polar surface area (TPSA) is 46.9 Å². The number of amides is 1. The van der Waals surface area contributed by atoms with Crippen LogP contribution in [-0.2, 0) is 0 Å². The molecular formula is C16H10Cl2FN3O. The molecule has 0 aliphatic rings. The lowest BCUT2D eigenvalue weighted by Gasteiger charge is -2.06. The van der Waals surface area contributed by atoms with Crippen molar-refractivity contribution in [2.24, 2.45) is 0 Å². The van der Waals surface area contributed by atoms with Gasteiger partial charge >= 0.3 is 0 Å². The molecule has 2 aromatic carbocycles. The summed E-state index contributed by atoms with van der Waals surface area (Å²) in [6.07, 6.45) is 1.51. The minimum absolute atomic E-state index is 0.138. The highest BCUT2D eigenvalue weighted by atomic mass is 35.5. The van der Waals surface area contributed by atoms with Crippen molar-refractivity contribution < 1.29 is 9.18 Å². The molecule has 1 heterocycles. The van der Waals surface area contributed by atoms with Gasteiger partial charge in [0, 0.05) is 11.2 Å². The minimum Gasteiger partial charge on any atom is -0.319 e. The fourth-order valence-electron chi connectivity index (χ4n) is 1.99. The molecular weight excluding hydrogens is 340 g/mol. The largest absolute Gasteiger partial charge is 0.319 e. The van der Waals surface area contributed by atoms with Gasteiger partial charge in [-0.15, -0.1) is 0 Å². The number of hydrogen-bond acceptors (Lipinski definition) is 2. The van der Waals surface area contributed by atoms with E-state index in [1.807, 2.05) is 0 Å². The molecule has 1 amide bonds. The van der Waals surface area contributed by atoms with Crippen LogP contribution in [0.5, 0.6) is 0 Å². The van der Waals surface area contributed by atoms with Crippen molar-refractivity contribution in [1.29, 1.82) is 0 Å². The van der Waals surface area contributed by atoms with Crippen molar-refractivity contribution in [3.63, 3.8) is 0 Å². The van der Waals surface area contributed by atoms with Gasteiger partial charge in [-0.25, -0.2) is 9.07 Å². The van der Waals surface area contributed by atoms with Crippen LogP contribution in [-0.4, -0.2) is 15.7 Å². The van der Waals surface area contributed by atoms with Crippen LogP contribution in [0.3, 0.4) is 0 Å². The Hall–Kier alpha value is -2.37. The highest BCUT2D eigenvalue weighted by Gasteiger charge is 2.13. The Morgan fingerprint density at radius 3 is 2.65 bits per heavy atom. The molecule has 0 saturated carbocycles. The second kappa shape index (κ2) is 6.40. The number of rotatable bonds is 3. The molecule has 0 atom stereocenters. The maximum Gasteiger partial charge on any atom is 0.276 e. The van der Waals surface area contributed by atoms with Crippen molar-refractivity contribution in [3.05, 3.63) is 76.3 Å². The van der Waals surface area contributed by atoms with Crippen molar-refractivity contribution in [1.82, 2.24) is 9.78 Å². The van der Waals surface area contributed by atoms with E-state index in [1.54, 1.807) is 30.3 Å². The highest BCUT2D eigenvalue weighted by Crippen LogP contribution is 2.25. The fraction of sp³-hybridized carbons (Fsp3) is 0. The maximum atomic E-state index is 13.7. The van der Waals surface area contributed by atoms with Crippen molar-refractivity contribution in [3.8, 4) is 5.69 Å². The number of benzene rings is 2. The molecule has 1 aromatic heterocycles. The number of anilines is 1. The molecule has 3 aromatic rings. The van der Waals surface area contributed by atoms with E-state index in [4.69, 9.17) is 23.2 Å². The van der Waals surface area contributed by atoms with Crippen LogP contribution in [0, 0.1) is 5.82 Å². The molecule has 0 unspecified atom stereocenters. The summed E-state index contributed by atoms with van der Waals surface area (Å²) >= 11 is 11.8. The Balaban J connectivity index is 1.83. The summed E-state index contributed by atoms with van der Waals surface area (Å²) in [5, 5.41) is 7.50. The van der Waals surface area contributed by atoms with Crippen LogP contribution >= 0.6 is 23.2 Å². The van der Waals surface area contributed by atoms with E-state index in [-0.39, 0.29) is 11.4 Å². The van der Waals surface area contributed by atoms with Gasteiger partial charge < -0.3 is 5.32 Å². The number of para-hydroxylation sites is 1. The van der Waals surface area contributed by atoms with Gasteiger partial charge in [0.15, 0.2) is 5.69 Å². The van der Waals surface area contributed by atoms with Gasteiger partial charge in [-0.3, -0.25) is 4.79 Å². The molecule has 3 rings (SSSR count). The molecule has 0 bridgehead atoms. The quantitative estimate of drug-likeness (QED) is 0.752. The molecule has 0 radical (unpaired) electrons. The van der Waals surface area contributed by atoms with Crippen LogP contribution in [0.25, 0.3) is 5.69 Å². The number of aromatic nitrogens is 2. The van der Waals surface area contributed by atoms with Crippen molar-refractivity contribution in [2.75, 3.05) is 5.32 Å². The first kappa shape index (κ1) is 15.5. The van der Waals surface area contributed by atoms with Gasteiger partial charge in [-0.1, -0.05) is 35.3 Å². The molecule has 7 heteroatoms. The second-order valence-electron chi connectivity index (χ2n) is 4.68. The SMILES string of the molecule is O=C(Nc1ccc(Cl)cc1Cl)c1ccn(-c2ccccc2F)n1. The molecule has 4 nitrogen and oxygen atoms in total. The van der Waals surface area contributed by atoms with E-state index in [0.717, 1.165) is 0 Å². The number of nitrogens with zero attached hydrogens (tertiary/aromatic N) is 2. The summed E-state index contributed by atoms with van der Waals surface area (Å²) in [6.45, 7) is 0. The molecule has 116 valence electrons. The monoisotopic (exact) mass is 349 g/mol. The van der Waals surface area contributed by atoms with Gasteiger partial charge in [0.1, 0.15) is 11.5 Å². The second-order valence-corrected chi connectivity index (χ2v) is 5.52. The molecule has 23 heavy (non-hydrogen) atoms. The number of halogens is 3. The average molecular weight is 350 g/mol. The standard InChI is InChI=1S/C16H10Cl2FN3O/c17-10-5-6-13(11(18)9-10)20-16(23)14-7-8-22(21-14)15-4-2-1-3-12(15)19/h1-9H,(H,20,23). The van der Waals surface area contributed by atoms with Crippen molar-refractivity contribution in [2.45, 2.75) is 0 Å². The van der Waals surface area contributed by atoms with E-state index < -0.39 is 11.7 Å². The van der Waals surface area contributed by atoms with Gasteiger partial charge in [-0.2, -0.15) is 5.10 Å². The fourth-order valence-corrected chi connectivity index (χ4v) is 2.45. The van der Waals surface area contributed by atoms with E-state index in [0.29, 0.717) is 15.7 Å². The Morgan fingerprint density at radius 1 is 1.13 bits per heavy atom. The van der Waals surface area contributed by atoms with Crippen LogP contribution < -0.4 is 5.32 Å². The lowest BCUT2D eigenvalue weighted by molar-refractivity contribution is 0.102. The molecule has 0 aliphatic carbocycles. The first-order chi connectivity index (χ1) is 11.0. The number of carbonyl (C=O) groups excluding carboxylic acids is 1. The summed E-state index contributed by atoms with van der Waals surface area (Å²) in [5.41, 5.74) is 0.817. The van der Waals surface area contributed by atoms with Gasteiger partial charge in [0.25, 0.3) is 5.91 Å². The van der Waals surface area contributed by atoms with E-state index in [9.17, 15) is 9.18 Å². The first-order valence-corrected chi connectivity index (χ1v) is 7.37. The van der Waals surface area contributed by atoms with Crippen LogP contribution in [0.1, 0.15) is 10.5 Å². The lowest BCUT2D eigenvalue weighted by Crippen LogP contribution is -2.13. The zero-order valence-corrected chi connectivity index (χ0v) is 13.1. The van der Waals surface area contributed by atoms with Gasteiger partial charge in [0.2, 0.25) is 0 Å². The third-order valence-corrected chi connectivity index (χ3v) is 3.65. The van der Waals surface area contributed by atoms with E-state index >= 15 is 0 Å². The van der Waals surface area contributed by atoms with E-state index in [1.165, 1.54) is 29.1 Å². The van der Waals surface area contributed by atoms with Crippen molar-refractivity contribution >= 4 is 34.8 Å². The van der Waals surface area contributed by atoms with Crippen LogP contribution in [0.15, 0.2) is 54.7 Å². The summed E-state index contributed by atoms with van der Waals surface area (Å²) < 4.78 is 15.0. The zero-order chi connectivity index (χ0) is 16.4. The lowest BCUT2D eigenvalue weighted by atomic mass is 10.3. The Bertz CT molecular complexity index is 879. The van der Waals surface area contributed by atoms with Gasteiger partial charge in [0.05, 0.1) is 10.7 Å². The van der Waals surface area contributed by atoms with Crippen LogP contribution in [0.2, 0.25) is 10.0 Å². The minimum atomic E-state index is -0.454. The maximum absolute atomic E-state index is 13.7. The van der Waals surface area contributed by atoms with Gasteiger partial charge in [-0.05, 0) is 36.4 Å². The van der Waals surface area contributed by atoms with E-state index in [2.05, 4.69) is 10.4 Å². The predicted octanol–water partition coefficient (Wildman–Crippen LogP) is 4.57. The summed E-state index contributed by atoms with van der Waals surface area (Å²) in [5.74, 6) is -0.882. The number of hydrogen-bond donors (Lipinski definition) is 1. The summed E-state index contributed by atoms with van der Waals surface area (Å²) in [6, 6.07) is 12.4. The number of carbonyl (C=O) groups is 1. The smallest absolute Gasteiger partial charge is 0.276 e. The highest BCUT2D eigenvalue weighted by molar-refractivity contribution is 6.36. The Labute approximate surface area is 141 Å². The Kier molecular flexibility index (Phi) is 4.32. The predicted molar refractivity (Wildman–Crippen MR) is 87.9 cm³/mol. The molecule has 0 aliphatic heterocycles. The summed E-state index contributed by atoms with van der Waals surface area (Å²) in [7, 11) is 0. The zero-order valence-electron chi connectivity index (χ0n) is 11.6. The molecule has 0 spiro atoms. The first-order valence-electron chi connectivity index (χ1n) is 6.61. The summed E-state index contributed by atoms with van der Waals surface area (Å²) in [4.78, 5) is 12.2. The third-order valence-electron chi connectivity index (χ3n) is 3.10. The van der Waals surface area contributed by atoms with Crippen LogP contribution in [0.4, 0.5) is 10.1 Å². The third kappa shape index (κ3) is 3.36. The Morgan fingerprint density at radius 2 is 1.91 bits per heavy atom. The molecule has 1 N–H and O–H groups in total.